The van der Waals surface area contributed by atoms with Crippen LogP contribution in [-0.2, 0) is 0 Å². The van der Waals surface area contributed by atoms with Gasteiger partial charge in [-0.2, -0.15) is 8.78 Å². The molecule has 0 radical (unpaired) electrons. The molecule has 0 N–H and O–H groups in total. The third-order valence-corrected chi connectivity index (χ3v) is 7.63. The fraction of sp³-hybridized carbons (Fsp3) is 0.704. The van der Waals surface area contributed by atoms with E-state index in [0.717, 1.165) is 37.5 Å². The normalized spacial score (nSPS) is 26.7. The van der Waals surface area contributed by atoms with Crippen LogP contribution in [0, 0.1) is 29.4 Å². The van der Waals surface area contributed by atoms with Crippen molar-refractivity contribution in [3.05, 3.63) is 41.5 Å². The number of unbranched alkanes of at least 4 members (excludes halogenated alkanes) is 2. The van der Waals surface area contributed by atoms with Gasteiger partial charge in [0.2, 0.25) is 0 Å². The molecule has 3 rings (SSSR count). The minimum Gasteiger partial charge on any atom is -0.429 e. The molecule has 1 aromatic carbocycles. The number of hydrogen-bond acceptors (Lipinski definition) is 1. The molecule has 0 heterocycles. The molecule has 32 heavy (non-hydrogen) atoms. The highest BCUT2D eigenvalue weighted by Crippen LogP contribution is 2.45. The lowest BCUT2D eigenvalue weighted by atomic mass is 9.68. The number of allylic oxidation sites excluding steroid dienone is 2. The highest BCUT2D eigenvalue weighted by Gasteiger charge is 2.32. The molecule has 0 amide bonds. The quantitative estimate of drug-likeness (QED) is 0.194. The average molecular weight is 455 g/mol. The van der Waals surface area contributed by atoms with E-state index in [2.05, 4.69) is 23.8 Å². The summed E-state index contributed by atoms with van der Waals surface area (Å²) < 4.78 is 56.9. The molecule has 0 unspecified atom stereocenters. The lowest BCUT2D eigenvalue weighted by Gasteiger charge is -2.38. The topological polar surface area (TPSA) is 9.23 Å². The number of ether oxygens (including phenoxy) is 1. The van der Waals surface area contributed by atoms with Crippen molar-refractivity contribution in [1.29, 1.82) is 0 Å². The van der Waals surface area contributed by atoms with Crippen LogP contribution in [0.2, 0.25) is 0 Å². The predicted molar refractivity (Wildman–Crippen MR) is 121 cm³/mol. The molecule has 180 valence electrons. The van der Waals surface area contributed by atoms with E-state index >= 15 is 0 Å². The molecule has 2 aliphatic rings. The number of rotatable bonds is 10. The Morgan fingerprint density at radius 1 is 0.875 bits per heavy atom. The molecular formula is C27H38F4O. The van der Waals surface area contributed by atoms with Gasteiger partial charge in [0, 0.05) is 0 Å². The largest absolute Gasteiger partial charge is 0.429 e. The van der Waals surface area contributed by atoms with Crippen molar-refractivity contribution in [2.24, 2.45) is 17.8 Å². The van der Waals surface area contributed by atoms with E-state index in [9.17, 15) is 17.6 Å². The average Bonchev–Trinajstić information content (AvgIpc) is 2.79. The third kappa shape index (κ3) is 7.25. The summed E-state index contributed by atoms with van der Waals surface area (Å²) >= 11 is 0. The standard InChI is InChI=1S/C27H38F4O/c1-2-3-4-5-6-7-8-19-9-11-20(12-10-19)21-13-15-22(16-14-21)23-17-24(28)26(25(29)18-23)32-27(30)31/h4-5,17-22,27H,2-3,6-16H2,1H3. The minimum atomic E-state index is -3.24. The predicted octanol–water partition coefficient (Wildman–Crippen LogP) is 9.17. The van der Waals surface area contributed by atoms with Gasteiger partial charge in [-0.3, -0.25) is 0 Å². The lowest BCUT2D eigenvalue weighted by Crippen LogP contribution is -2.25. The Balaban J connectivity index is 1.41. The van der Waals surface area contributed by atoms with Gasteiger partial charge in [0.25, 0.3) is 0 Å². The summed E-state index contributed by atoms with van der Waals surface area (Å²) in [4.78, 5) is 0. The zero-order valence-electron chi connectivity index (χ0n) is 19.3. The summed E-state index contributed by atoms with van der Waals surface area (Å²) in [7, 11) is 0. The Labute approximate surface area is 190 Å². The molecule has 0 bridgehead atoms. The van der Waals surface area contributed by atoms with Crippen LogP contribution >= 0.6 is 0 Å². The second kappa shape index (κ2) is 12.6. The zero-order valence-corrected chi connectivity index (χ0v) is 19.3. The van der Waals surface area contributed by atoms with E-state index in [1.165, 1.54) is 69.9 Å². The second-order valence-corrected chi connectivity index (χ2v) is 9.78. The Kier molecular flexibility index (Phi) is 9.92. The van der Waals surface area contributed by atoms with Crippen molar-refractivity contribution < 1.29 is 22.3 Å². The molecule has 0 aromatic heterocycles. The summed E-state index contributed by atoms with van der Waals surface area (Å²) in [6.07, 6.45) is 20.2. The van der Waals surface area contributed by atoms with Gasteiger partial charge in [0.1, 0.15) is 0 Å². The SMILES string of the molecule is CCCC=CCCCC1CCC(C2CCC(c3cc(F)c(OC(F)F)c(F)c3)CC2)CC1. The van der Waals surface area contributed by atoms with Gasteiger partial charge in [0.15, 0.2) is 17.4 Å². The van der Waals surface area contributed by atoms with Crippen LogP contribution in [0.15, 0.2) is 24.3 Å². The maximum absolute atomic E-state index is 14.1. The monoisotopic (exact) mass is 454 g/mol. The van der Waals surface area contributed by atoms with Crippen molar-refractivity contribution >= 4 is 0 Å². The van der Waals surface area contributed by atoms with Crippen LogP contribution in [0.4, 0.5) is 17.6 Å². The molecular weight excluding hydrogens is 416 g/mol. The number of hydrogen-bond donors (Lipinski definition) is 0. The first-order valence-corrected chi connectivity index (χ1v) is 12.6. The molecule has 2 fully saturated rings. The molecule has 0 spiro atoms. The van der Waals surface area contributed by atoms with E-state index in [-0.39, 0.29) is 5.92 Å². The summed E-state index contributed by atoms with van der Waals surface area (Å²) in [5.74, 6) is -0.600. The second-order valence-electron chi connectivity index (χ2n) is 9.78. The molecule has 1 nitrogen and oxygen atoms in total. The summed E-state index contributed by atoms with van der Waals surface area (Å²) in [6.45, 7) is -1.03. The number of benzene rings is 1. The molecule has 1 aromatic rings. The Morgan fingerprint density at radius 2 is 1.44 bits per heavy atom. The maximum atomic E-state index is 14.1. The first kappa shape index (κ1) is 25.1. The first-order valence-electron chi connectivity index (χ1n) is 12.6. The van der Waals surface area contributed by atoms with Crippen molar-refractivity contribution in [1.82, 2.24) is 0 Å². The molecule has 5 heteroatoms. The Bertz CT molecular complexity index is 693. The van der Waals surface area contributed by atoms with Crippen LogP contribution < -0.4 is 4.74 Å². The summed E-state index contributed by atoms with van der Waals surface area (Å²) in [6, 6.07) is 2.35. The molecule has 0 atom stereocenters. The van der Waals surface area contributed by atoms with Gasteiger partial charge in [-0.25, -0.2) is 8.78 Å². The highest BCUT2D eigenvalue weighted by molar-refractivity contribution is 5.33. The van der Waals surface area contributed by atoms with Crippen LogP contribution in [0.25, 0.3) is 0 Å². The van der Waals surface area contributed by atoms with Crippen molar-refractivity contribution in [3.63, 3.8) is 0 Å². The highest BCUT2D eigenvalue weighted by atomic mass is 19.3. The fourth-order valence-corrected chi connectivity index (χ4v) is 5.82. The fourth-order valence-electron chi connectivity index (χ4n) is 5.82. The summed E-state index contributed by atoms with van der Waals surface area (Å²) in [5, 5.41) is 0. The van der Waals surface area contributed by atoms with E-state index in [1.807, 2.05) is 0 Å². The number of halogens is 4. The van der Waals surface area contributed by atoms with E-state index in [1.54, 1.807) is 0 Å². The van der Waals surface area contributed by atoms with E-state index in [0.29, 0.717) is 11.5 Å². The minimum absolute atomic E-state index is 0.0907. The van der Waals surface area contributed by atoms with Gasteiger partial charge < -0.3 is 4.74 Å². The van der Waals surface area contributed by atoms with Gasteiger partial charge in [0.05, 0.1) is 0 Å². The third-order valence-electron chi connectivity index (χ3n) is 7.63. The van der Waals surface area contributed by atoms with Crippen LogP contribution in [-0.4, -0.2) is 6.61 Å². The van der Waals surface area contributed by atoms with E-state index in [4.69, 9.17) is 0 Å². The van der Waals surface area contributed by atoms with Crippen molar-refractivity contribution in [3.8, 4) is 5.75 Å². The Morgan fingerprint density at radius 3 is 2.00 bits per heavy atom. The molecule has 0 aliphatic heterocycles. The van der Waals surface area contributed by atoms with E-state index < -0.39 is 24.0 Å². The van der Waals surface area contributed by atoms with Gasteiger partial charge in [-0.1, -0.05) is 44.8 Å². The Hall–Kier alpha value is -1.52. The van der Waals surface area contributed by atoms with Crippen LogP contribution in [0.3, 0.4) is 0 Å². The zero-order chi connectivity index (χ0) is 22.9. The van der Waals surface area contributed by atoms with Crippen LogP contribution in [0.5, 0.6) is 5.75 Å². The summed E-state index contributed by atoms with van der Waals surface area (Å²) in [5.41, 5.74) is 0.566. The lowest BCUT2D eigenvalue weighted by molar-refractivity contribution is -0.0546. The van der Waals surface area contributed by atoms with Crippen molar-refractivity contribution in [2.75, 3.05) is 0 Å². The first-order chi connectivity index (χ1) is 15.5. The maximum Gasteiger partial charge on any atom is 0.387 e. The van der Waals surface area contributed by atoms with Gasteiger partial charge in [-0.15, -0.1) is 0 Å². The van der Waals surface area contributed by atoms with Crippen LogP contribution in [0.1, 0.15) is 102 Å². The molecule has 2 saturated carbocycles. The molecule has 2 aliphatic carbocycles. The van der Waals surface area contributed by atoms with Gasteiger partial charge in [-0.05, 0) is 99.2 Å². The van der Waals surface area contributed by atoms with Gasteiger partial charge >= 0.3 is 6.61 Å². The van der Waals surface area contributed by atoms with Crippen molar-refractivity contribution in [2.45, 2.75) is 103 Å². The molecule has 0 saturated heterocycles. The number of alkyl halides is 2. The smallest absolute Gasteiger partial charge is 0.387 e.